The van der Waals surface area contributed by atoms with Crippen LogP contribution in [0, 0.1) is 13.8 Å². The molecule has 5 heteroatoms. The molecule has 2 aromatic carbocycles. The number of carbonyl (C=O) groups excluding carboxylic acids is 1. The lowest BCUT2D eigenvalue weighted by molar-refractivity contribution is 0.0728. The van der Waals surface area contributed by atoms with Gasteiger partial charge < -0.3 is 10.2 Å². The summed E-state index contributed by atoms with van der Waals surface area (Å²) >= 11 is 0. The van der Waals surface area contributed by atoms with Crippen LogP contribution < -0.4 is 5.32 Å². The highest BCUT2D eigenvalue weighted by atomic mass is 16.2. The Kier molecular flexibility index (Phi) is 4.59. The highest BCUT2D eigenvalue weighted by Crippen LogP contribution is 2.22. The van der Waals surface area contributed by atoms with Crippen LogP contribution in [0.1, 0.15) is 32.7 Å². The van der Waals surface area contributed by atoms with Gasteiger partial charge in [-0.15, -0.1) is 0 Å². The molecule has 0 aliphatic carbocycles. The van der Waals surface area contributed by atoms with Crippen molar-refractivity contribution < 1.29 is 4.79 Å². The first-order valence-corrected chi connectivity index (χ1v) is 9.12. The molecule has 1 aromatic heterocycles. The molecule has 0 fully saturated rings. The Morgan fingerprint density at radius 1 is 1.04 bits per heavy atom. The molecule has 0 radical (unpaired) electrons. The lowest BCUT2D eigenvalue weighted by atomic mass is 10.00. The van der Waals surface area contributed by atoms with Crippen molar-refractivity contribution >= 4 is 17.4 Å². The molecule has 4 rings (SSSR count). The second-order valence-corrected chi connectivity index (χ2v) is 6.98. The van der Waals surface area contributed by atoms with Crippen LogP contribution in [0.5, 0.6) is 0 Å². The van der Waals surface area contributed by atoms with E-state index in [0.29, 0.717) is 24.6 Å². The molecule has 1 N–H and O–H groups in total. The minimum absolute atomic E-state index is 0.0593. The fourth-order valence-electron chi connectivity index (χ4n) is 3.38. The highest BCUT2D eigenvalue weighted by Gasteiger charge is 2.22. The number of nitrogens with zero attached hydrogens (tertiary/aromatic N) is 3. The summed E-state index contributed by atoms with van der Waals surface area (Å²) in [5.41, 5.74) is 6.22. The van der Waals surface area contributed by atoms with E-state index in [9.17, 15) is 4.79 Å². The summed E-state index contributed by atoms with van der Waals surface area (Å²) in [5, 5.41) is 3.31. The number of rotatable bonds is 3. The maximum atomic E-state index is 12.9. The van der Waals surface area contributed by atoms with E-state index in [4.69, 9.17) is 0 Å². The number of benzene rings is 2. The van der Waals surface area contributed by atoms with Crippen molar-refractivity contribution in [1.82, 2.24) is 14.9 Å². The van der Waals surface area contributed by atoms with Gasteiger partial charge in [0.2, 0.25) is 0 Å². The van der Waals surface area contributed by atoms with Crippen molar-refractivity contribution in [3.8, 4) is 0 Å². The van der Waals surface area contributed by atoms with Gasteiger partial charge in [-0.05, 0) is 48.6 Å². The molecule has 0 spiro atoms. The lowest BCUT2D eigenvalue weighted by Crippen LogP contribution is -2.36. The van der Waals surface area contributed by atoms with Crippen molar-refractivity contribution in [3.05, 3.63) is 82.8 Å². The lowest BCUT2D eigenvalue weighted by Gasteiger charge is -2.28. The number of fused-ring (bicyclic) bond motifs is 1. The van der Waals surface area contributed by atoms with Crippen LogP contribution in [0.15, 0.2) is 54.9 Å². The van der Waals surface area contributed by atoms with Gasteiger partial charge in [-0.3, -0.25) is 4.79 Å². The second-order valence-electron chi connectivity index (χ2n) is 6.98. The zero-order valence-electron chi connectivity index (χ0n) is 15.6. The number of aromatic nitrogens is 2. The summed E-state index contributed by atoms with van der Waals surface area (Å²) in [4.78, 5) is 23.3. The van der Waals surface area contributed by atoms with E-state index in [1.807, 2.05) is 30.9 Å². The van der Waals surface area contributed by atoms with Crippen molar-refractivity contribution in [1.29, 1.82) is 0 Å². The predicted molar refractivity (Wildman–Crippen MR) is 106 cm³/mol. The normalized spacial score (nSPS) is 13.2. The number of hydrogen-bond acceptors (Lipinski definition) is 4. The minimum atomic E-state index is -0.0593. The van der Waals surface area contributed by atoms with Crippen molar-refractivity contribution in [2.75, 3.05) is 11.9 Å². The minimum Gasteiger partial charge on any atom is -0.340 e. The topological polar surface area (TPSA) is 58.1 Å². The van der Waals surface area contributed by atoms with E-state index in [1.54, 1.807) is 6.07 Å². The molecule has 27 heavy (non-hydrogen) atoms. The predicted octanol–water partition coefficient (Wildman–Crippen LogP) is 4.04. The molecule has 1 aliphatic heterocycles. The van der Waals surface area contributed by atoms with Gasteiger partial charge in [-0.1, -0.05) is 36.4 Å². The fraction of sp³-hybridized carbons (Fsp3) is 0.227. The quantitative estimate of drug-likeness (QED) is 0.768. The number of amides is 1. The molecular formula is C22H22N4O. The van der Waals surface area contributed by atoms with Gasteiger partial charge in [0.05, 0.1) is 0 Å². The summed E-state index contributed by atoms with van der Waals surface area (Å²) in [6, 6.07) is 16.2. The third-order valence-corrected chi connectivity index (χ3v) is 4.96. The molecule has 2 heterocycles. The summed E-state index contributed by atoms with van der Waals surface area (Å²) < 4.78 is 0. The Morgan fingerprint density at radius 3 is 2.70 bits per heavy atom. The average molecular weight is 358 g/mol. The first-order valence-electron chi connectivity index (χ1n) is 9.12. The summed E-state index contributed by atoms with van der Waals surface area (Å²) in [6.07, 6.45) is 2.32. The molecule has 1 aliphatic rings. The zero-order chi connectivity index (χ0) is 18.8. The van der Waals surface area contributed by atoms with Crippen LogP contribution in [0.3, 0.4) is 0 Å². The fourth-order valence-corrected chi connectivity index (χ4v) is 3.38. The van der Waals surface area contributed by atoms with Gasteiger partial charge in [0.15, 0.2) is 0 Å². The number of nitrogens with one attached hydrogen (secondary N) is 1. The third kappa shape index (κ3) is 3.67. The van der Waals surface area contributed by atoms with Crippen LogP contribution in [-0.2, 0) is 13.0 Å². The van der Waals surface area contributed by atoms with E-state index in [1.165, 1.54) is 23.0 Å². The van der Waals surface area contributed by atoms with Crippen LogP contribution >= 0.6 is 0 Å². The molecule has 0 saturated carbocycles. The first kappa shape index (κ1) is 17.2. The van der Waals surface area contributed by atoms with Crippen molar-refractivity contribution in [2.24, 2.45) is 0 Å². The first-order chi connectivity index (χ1) is 13.1. The molecule has 136 valence electrons. The van der Waals surface area contributed by atoms with E-state index < -0.39 is 0 Å². The highest BCUT2D eigenvalue weighted by molar-refractivity contribution is 5.93. The van der Waals surface area contributed by atoms with Gasteiger partial charge in [-0.2, -0.15) is 0 Å². The molecule has 0 atom stereocenters. The third-order valence-electron chi connectivity index (χ3n) is 4.96. The van der Waals surface area contributed by atoms with E-state index in [0.717, 1.165) is 17.7 Å². The van der Waals surface area contributed by atoms with Gasteiger partial charge in [-0.25, -0.2) is 9.97 Å². The summed E-state index contributed by atoms with van der Waals surface area (Å²) in [6.45, 7) is 5.42. The Morgan fingerprint density at radius 2 is 1.85 bits per heavy atom. The maximum absolute atomic E-state index is 12.9. The van der Waals surface area contributed by atoms with Gasteiger partial charge in [0.25, 0.3) is 5.91 Å². The Bertz CT molecular complexity index is 999. The van der Waals surface area contributed by atoms with E-state index >= 15 is 0 Å². The number of aryl methyl sites for hydroxylation is 2. The Labute approximate surface area is 159 Å². The van der Waals surface area contributed by atoms with Crippen molar-refractivity contribution in [2.45, 2.75) is 26.8 Å². The van der Waals surface area contributed by atoms with Crippen LogP contribution in [0.25, 0.3) is 0 Å². The Balaban J connectivity index is 1.54. The van der Waals surface area contributed by atoms with E-state index in [2.05, 4.69) is 45.6 Å². The molecule has 0 bridgehead atoms. The van der Waals surface area contributed by atoms with Crippen LogP contribution in [0.2, 0.25) is 0 Å². The molecule has 3 aromatic rings. The SMILES string of the molecule is Cc1ccc(C)c(Nc2cc(C(=O)N3CCc4ccccc4C3)ncn2)c1. The number of hydrogen-bond donors (Lipinski definition) is 1. The Hall–Kier alpha value is -3.21. The second kappa shape index (κ2) is 7.19. The number of carbonyl (C=O) groups is 1. The maximum Gasteiger partial charge on any atom is 0.272 e. The van der Waals surface area contributed by atoms with Crippen molar-refractivity contribution in [3.63, 3.8) is 0 Å². The number of anilines is 2. The molecular weight excluding hydrogens is 336 g/mol. The standard InChI is InChI=1S/C22H22N4O/c1-15-7-8-16(2)19(11-15)25-21-12-20(23-14-24-21)22(27)26-10-9-17-5-3-4-6-18(17)13-26/h3-8,11-12,14H,9-10,13H2,1-2H3,(H,23,24,25). The molecule has 1 amide bonds. The largest absolute Gasteiger partial charge is 0.340 e. The smallest absolute Gasteiger partial charge is 0.272 e. The van der Waals surface area contributed by atoms with Crippen LogP contribution in [0.4, 0.5) is 11.5 Å². The molecule has 0 unspecified atom stereocenters. The zero-order valence-corrected chi connectivity index (χ0v) is 15.6. The van der Waals surface area contributed by atoms with Gasteiger partial charge in [0.1, 0.15) is 17.8 Å². The monoisotopic (exact) mass is 358 g/mol. The molecule has 0 saturated heterocycles. The molecule has 5 nitrogen and oxygen atoms in total. The van der Waals surface area contributed by atoms with Crippen LogP contribution in [-0.4, -0.2) is 27.3 Å². The van der Waals surface area contributed by atoms with E-state index in [-0.39, 0.29) is 5.91 Å². The van der Waals surface area contributed by atoms with Gasteiger partial charge in [0, 0.05) is 24.8 Å². The summed E-state index contributed by atoms with van der Waals surface area (Å²) in [7, 11) is 0. The summed E-state index contributed by atoms with van der Waals surface area (Å²) in [5.74, 6) is 0.565. The van der Waals surface area contributed by atoms with Gasteiger partial charge >= 0.3 is 0 Å². The average Bonchev–Trinajstić information content (AvgIpc) is 2.70.